The Morgan fingerprint density at radius 3 is 2.57 bits per heavy atom. The van der Waals surface area contributed by atoms with Crippen LogP contribution >= 0.6 is 0 Å². The molecule has 0 bridgehead atoms. The number of hydrogen-bond acceptors (Lipinski definition) is 4. The summed E-state index contributed by atoms with van der Waals surface area (Å²) in [6.07, 6.45) is 2.91. The number of carbonyl (C=O) groups is 3. The fraction of sp³-hybridized carbons (Fsp3) is 0.786. The molecule has 21 heavy (non-hydrogen) atoms. The van der Waals surface area contributed by atoms with Crippen molar-refractivity contribution in [2.75, 3.05) is 26.2 Å². The van der Waals surface area contributed by atoms with E-state index < -0.39 is 24.0 Å². The highest BCUT2D eigenvalue weighted by Crippen LogP contribution is 2.20. The molecule has 1 heterocycles. The van der Waals surface area contributed by atoms with E-state index in [1.165, 1.54) is 9.80 Å². The third-order valence-electron chi connectivity index (χ3n) is 3.40. The summed E-state index contributed by atoms with van der Waals surface area (Å²) in [4.78, 5) is 38.1. The van der Waals surface area contributed by atoms with Crippen molar-refractivity contribution >= 4 is 18.0 Å². The molecule has 0 radical (unpaired) electrons. The lowest BCUT2D eigenvalue weighted by Crippen LogP contribution is -2.54. The SMILES string of the molecule is CCCN(CC(=O)O)C(=O)N1CCCCC1C(=O)OCC. The smallest absolute Gasteiger partial charge is 0.328 e. The Bertz CT molecular complexity index is 386. The zero-order valence-corrected chi connectivity index (χ0v) is 12.7. The van der Waals surface area contributed by atoms with Gasteiger partial charge in [-0.25, -0.2) is 9.59 Å². The Morgan fingerprint density at radius 1 is 1.29 bits per heavy atom. The van der Waals surface area contributed by atoms with Crippen molar-refractivity contribution in [2.45, 2.75) is 45.6 Å². The number of piperidine rings is 1. The average molecular weight is 300 g/mol. The van der Waals surface area contributed by atoms with Gasteiger partial charge in [-0.1, -0.05) is 6.92 Å². The number of urea groups is 1. The lowest BCUT2D eigenvalue weighted by Gasteiger charge is -2.37. The molecule has 1 atom stereocenters. The molecule has 0 aromatic carbocycles. The molecule has 0 aromatic rings. The normalized spacial score (nSPS) is 18.2. The number of carboxylic acid groups (broad SMARTS) is 1. The van der Waals surface area contributed by atoms with Gasteiger partial charge in [0.2, 0.25) is 0 Å². The zero-order chi connectivity index (χ0) is 15.8. The van der Waals surface area contributed by atoms with Crippen molar-refractivity contribution in [3.05, 3.63) is 0 Å². The highest BCUT2D eigenvalue weighted by molar-refractivity contribution is 5.85. The van der Waals surface area contributed by atoms with Gasteiger partial charge >= 0.3 is 18.0 Å². The second-order valence-electron chi connectivity index (χ2n) is 5.05. The number of carboxylic acids is 1. The van der Waals surface area contributed by atoms with Gasteiger partial charge in [0.15, 0.2) is 0 Å². The molecule has 1 unspecified atom stereocenters. The van der Waals surface area contributed by atoms with Crippen LogP contribution in [0.3, 0.4) is 0 Å². The first-order valence-corrected chi connectivity index (χ1v) is 7.45. The van der Waals surface area contributed by atoms with Gasteiger partial charge in [0.25, 0.3) is 0 Å². The van der Waals surface area contributed by atoms with Gasteiger partial charge in [0, 0.05) is 13.1 Å². The average Bonchev–Trinajstić information content (AvgIpc) is 2.46. The third-order valence-corrected chi connectivity index (χ3v) is 3.40. The van der Waals surface area contributed by atoms with E-state index in [1.54, 1.807) is 6.92 Å². The summed E-state index contributed by atoms with van der Waals surface area (Å²) >= 11 is 0. The van der Waals surface area contributed by atoms with Gasteiger partial charge in [-0.3, -0.25) is 4.79 Å². The van der Waals surface area contributed by atoms with Gasteiger partial charge in [0.1, 0.15) is 12.6 Å². The second kappa shape index (κ2) is 8.49. The minimum Gasteiger partial charge on any atom is -0.480 e. The predicted molar refractivity (Wildman–Crippen MR) is 75.9 cm³/mol. The number of carbonyl (C=O) groups excluding carboxylic acids is 2. The topological polar surface area (TPSA) is 87.2 Å². The van der Waals surface area contributed by atoms with Crippen LogP contribution in [0.15, 0.2) is 0 Å². The number of rotatable bonds is 6. The molecule has 2 amide bonds. The van der Waals surface area contributed by atoms with E-state index in [2.05, 4.69) is 0 Å². The van der Waals surface area contributed by atoms with E-state index in [0.717, 1.165) is 12.8 Å². The van der Waals surface area contributed by atoms with Crippen LogP contribution in [0.4, 0.5) is 4.79 Å². The summed E-state index contributed by atoms with van der Waals surface area (Å²) in [6, 6.07) is -0.989. The van der Waals surface area contributed by atoms with Crippen molar-refractivity contribution in [3.8, 4) is 0 Å². The maximum Gasteiger partial charge on any atom is 0.328 e. The number of amides is 2. The monoisotopic (exact) mass is 300 g/mol. The molecule has 0 spiro atoms. The second-order valence-corrected chi connectivity index (χ2v) is 5.05. The van der Waals surface area contributed by atoms with E-state index >= 15 is 0 Å². The first-order chi connectivity index (χ1) is 10.0. The first-order valence-electron chi connectivity index (χ1n) is 7.45. The Labute approximate surface area is 124 Å². The number of nitrogens with zero attached hydrogens (tertiary/aromatic N) is 2. The number of esters is 1. The molecule has 120 valence electrons. The Kier molecular flexibility index (Phi) is 6.98. The van der Waals surface area contributed by atoms with Gasteiger partial charge in [-0.2, -0.15) is 0 Å². The largest absolute Gasteiger partial charge is 0.480 e. The van der Waals surface area contributed by atoms with E-state index in [4.69, 9.17) is 9.84 Å². The number of ether oxygens (including phenoxy) is 1. The molecule has 1 N–H and O–H groups in total. The van der Waals surface area contributed by atoms with Crippen LogP contribution in [-0.4, -0.2) is 65.2 Å². The third kappa shape index (κ3) is 4.91. The van der Waals surface area contributed by atoms with Crippen LogP contribution in [-0.2, 0) is 14.3 Å². The molecule has 7 heteroatoms. The van der Waals surface area contributed by atoms with E-state index in [-0.39, 0.29) is 13.2 Å². The molecule has 1 rings (SSSR count). The highest BCUT2D eigenvalue weighted by Gasteiger charge is 2.35. The van der Waals surface area contributed by atoms with Gasteiger partial charge in [0.05, 0.1) is 6.61 Å². The molecule has 0 saturated carbocycles. The zero-order valence-electron chi connectivity index (χ0n) is 12.7. The van der Waals surface area contributed by atoms with Crippen molar-refractivity contribution in [1.29, 1.82) is 0 Å². The van der Waals surface area contributed by atoms with Crippen molar-refractivity contribution in [1.82, 2.24) is 9.80 Å². The predicted octanol–water partition coefficient (Wildman–Crippen LogP) is 1.32. The molecule has 0 aliphatic carbocycles. The minimum absolute atomic E-state index is 0.269. The van der Waals surface area contributed by atoms with Crippen molar-refractivity contribution < 1.29 is 24.2 Å². The summed E-state index contributed by atoms with van der Waals surface area (Å²) in [5.41, 5.74) is 0. The quantitative estimate of drug-likeness (QED) is 0.748. The fourth-order valence-electron chi connectivity index (χ4n) is 2.50. The van der Waals surface area contributed by atoms with E-state index in [0.29, 0.717) is 25.9 Å². The molecular weight excluding hydrogens is 276 g/mol. The summed E-state index contributed by atoms with van der Waals surface area (Å²) in [6.45, 7) is 4.34. The summed E-state index contributed by atoms with van der Waals surface area (Å²) in [5, 5.41) is 8.91. The Balaban J connectivity index is 2.82. The first kappa shape index (κ1) is 17.3. The molecule has 1 saturated heterocycles. The standard InChI is InChI=1S/C14H24N2O5/c1-3-8-15(10-12(17)18)14(20)16-9-6-5-7-11(16)13(19)21-4-2/h11H,3-10H2,1-2H3,(H,17,18). The molecular formula is C14H24N2O5. The fourth-order valence-corrected chi connectivity index (χ4v) is 2.50. The van der Waals surface area contributed by atoms with Crippen LogP contribution in [0.1, 0.15) is 39.5 Å². The van der Waals surface area contributed by atoms with E-state index in [9.17, 15) is 14.4 Å². The molecule has 1 fully saturated rings. The molecule has 7 nitrogen and oxygen atoms in total. The van der Waals surface area contributed by atoms with Gasteiger partial charge in [-0.05, 0) is 32.6 Å². The summed E-state index contributed by atoms with van der Waals surface area (Å²) < 4.78 is 5.01. The Hall–Kier alpha value is -1.79. The van der Waals surface area contributed by atoms with Crippen LogP contribution < -0.4 is 0 Å². The highest BCUT2D eigenvalue weighted by atomic mass is 16.5. The van der Waals surface area contributed by atoms with Crippen LogP contribution in [0.25, 0.3) is 0 Å². The van der Waals surface area contributed by atoms with Crippen LogP contribution in [0, 0.1) is 0 Å². The van der Waals surface area contributed by atoms with Gasteiger partial charge < -0.3 is 19.6 Å². The van der Waals surface area contributed by atoms with Crippen LogP contribution in [0.2, 0.25) is 0 Å². The minimum atomic E-state index is -1.05. The molecule has 1 aliphatic rings. The van der Waals surface area contributed by atoms with Crippen LogP contribution in [0.5, 0.6) is 0 Å². The van der Waals surface area contributed by atoms with E-state index in [1.807, 2.05) is 6.92 Å². The summed E-state index contributed by atoms with van der Waals surface area (Å²) in [7, 11) is 0. The van der Waals surface area contributed by atoms with Crippen molar-refractivity contribution in [3.63, 3.8) is 0 Å². The maximum absolute atomic E-state index is 12.5. The maximum atomic E-state index is 12.5. The Morgan fingerprint density at radius 2 is 2.00 bits per heavy atom. The summed E-state index contributed by atoms with van der Waals surface area (Å²) in [5.74, 6) is -1.46. The number of aliphatic carboxylic acids is 1. The number of likely N-dealkylation sites (tertiary alicyclic amines) is 1. The molecule has 1 aliphatic heterocycles. The lowest BCUT2D eigenvalue weighted by atomic mass is 10.0. The van der Waals surface area contributed by atoms with Crippen molar-refractivity contribution in [2.24, 2.45) is 0 Å². The lowest BCUT2D eigenvalue weighted by molar-refractivity contribution is -0.149. The molecule has 0 aromatic heterocycles. The van der Waals surface area contributed by atoms with Gasteiger partial charge in [-0.15, -0.1) is 0 Å². The number of hydrogen-bond donors (Lipinski definition) is 1.